The number of carbonyl (C=O) groups excluding carboxylic acids is 1. The highest BCUT2D eigenvalue weighted by atomic mass is 32.1. The number of nitrogens with zero attached hydrogens (tertiary/aromatic N) is 2. The number of aliphatic hydroxyl groups is 1. The molecule has 3 aromatic rings. The van der Waals surface area contributed by atoms with Crippen LogP contribution in [0.5, 0.6) is 5.75 Å². The number of piperidine rings is 1. The summed E-state index contributed by atoms with van der Waals surface area (Å²) in [7, 11) is 0. The molecule has 1 aromatic heterocycles. The molecule has 2 heterocycles. The Morgan fingerprint density at radius 1 is 1.13 bits per heavy atom. The first-order chi connectivity index (χ1) is 15.2. The molecular weight excluding hydrogens is 408 g/mol. The molecule has 2 aromatic carbocycles. The summed E-state index contributed by atoms with van der Waals surface area (Å²) in [6.45, 7) is 1.80. The minimum absolute atomic E-state index is 0.0444. The molecule has 162 valence electrons. The third kappa shape index (κ3) is 5.51. The number of amides is 1. The molecule has 0 saturated carbocycles. The molecule has 1 saturated heterocycles. The number of carbonyl (C=O) groups is 1. The Balaban J connectivity index is 1.37. The van der Waals surface area contributed by atoms with Gasteiger partial charge in [0.2, 0.25) is 0 Å². The van der Waals surface area contributed by atoms with E-state index in [0.717, 1.165) is 30.0 Å². The highest BCUT2D eigenvalue weighted by Crippen LogP contribution is 2.34. The fourth-order valence-electron chi connectivity index (χ4n) is 4.12. The Kier molecular flexibility index (Phi) is 6.99. The van der Waals surface area contributed by atoms with Crippen LogP contribution < -0.4 is 4.74 Å². The van der Waals surface area contributed by atoms with Crippen molar-refractivity contribution in [3.05, 3.63) is 82.3 Å². The van der Waals surface area contributed by atoms with Crippen molar-refractivity contribution in [1.29, 1.82) is 0 Å². The van der Waals surface area contributed by atoms with E-state index < -0.39 is 0 Å². The number of hydrogen-bond donors (Lipinski definition) is 1. The van der Waals surface area contributed by atoms with E-state index in [-0.39, 0.29) is 17.9 Å². The monoisotopic (exact) mass is 436 g/mol. The third-order valence-electron chi connectivity index (χ3n) is 5.90. The molecule has 4 rings (SSSR count). The van der Waals surface area contributed by atoms with Gasteiger partial charge in [0.25, 0.3) is 5.91 Å². The van der Waals surface area contributed by atoms with Crippen LogP contribution in [-0.2, 0) is 6.42 Å². The van der Waals surface area contributed by atoms with E-state index in [1.54, 1.807) is 0 Å². The minimum Gasteiger partial charge on any atom is -0.494 e. The maximum absolute atomic E-state index is 13.1. The number of ether oxygens (including phenoxy) is 1. The van der Waals surface area contributed by atoms with Crippen molar-refractivity contribution in [2.24, 2.45) is 5.41 Å². The van der Waals surface area contributed by atoms with Crippen molar-refractivity contribution in [2.75, 3.05) is 26.3 Å². The van der Waals surface area contributed by atoms with Gasteiger partial charge < -0.3 is 14.7 Å². The summed E-state index contributed by atoms with van der Waals surface area (Å²) in [4.78, 5) is 19.6. The molecule has 0 bridgehead atoms. The van der Waals surface area contributed by atoms with Crippen molar-refractivity contribution in [2.45, 2.75) is 25.7 Å². The van der Waals surface area contributed by atoms with Gasteiger partial charge in [-0.05, 0) is 37.0 Å². The number of benzene rings is 2. The lowest BCUT2D eigenvalue weighted by atomic mass is 9.78. The fraction of sp³-hybridized carbons (Fsp3) is 0.360. The predicted molar refractivity (Wildman–Crippen MR) is 123 cm³/mol. The summed E-state index contributed by atoms with van der Waals surface area (Å²) >= 11 is 1.53. The van der Waals surface area contributed by atoms with Gasteiger partial charge in [-0.25, -0.2) is 4.98 Å². The average Bonchev–Trinajstić information content (AvgIpc) is 3.28. The normalized spacial score (nSPS) is 18.7. The van der Waals surface area contributed by atoms with Gasteiger partial charge in [-0.3, -0.25) is 4.79 Å². The van der Waals surface area contributed by atoms with E-state index in [9.17, 15) is 9.90 Å². The molecule has 5 nitrogen and oxygen atoms in total. The highest BCUT2D eigenvalue weighted by molar-refractivity contribution is 7.09. The third-order valence-corrected chi connectivity index (χ3v) is 6.75. The lowest BCUT2D eigenvalue weighted by Crippen LogP contribution is -2.48. The maximum atomic E-state index is 13.1. The summed E-state index contributed by atoms with van der Waals surface area (Å²) in [6.07, 6.45) is 3.20. The lowest BCUT2D eigenvalue weighted by molar-refractivity contribution is 0.0153. The van der Waals surface area contributed by atoms with E-state index in [1.807, 2.05) is 58.8 Å². The Morgan fingerprint density at radius 3 is 2.61 bits per heavy atom. The second-order valence-electron chi connectivity index (χ2n) is 8.19. The molecule has 1 aliphatic heterocycles. The number of thiazole rings is 1. The van der Waals surface area contributed by atoms with E-state index in [2.05, 4.69) is 17.1 Å². The summed E-state index contributed by atoms with van der Waals surface area (Å²) in [5.41, 5.74) is 1.36. The van der Waals surface area contributed by atoms with E-state index in [1.165, 1.54) is 16.9 Å². The van der Waals surface area contributed by atoms with Gasteiger partial charge in [-0.15, -0.1) is 11.3 Å². The largest absolute Gasteiger partial charge is 0.494 e. The number of hydrogen-bond acceptors (Lipinski definition) is 5. The van der Waals surface area contributed by atoms with Gasteiger partial charge in [-0.1, -0.05) is 48.5 Å². The average molecular weight is 437 g/mol. The number of likely N-dealkylation sites (tertiary alicyclic amines) is 1. The number of rotatable bonds is 8. The van der Waals surface area contributed by atoms with Crippen molar-refractivity contribution >= 4 is 17.2 Å². The van der Waals surface area contributed by atoms with Gasteiger partial charge in [0.1, 0.15) is 11.4 Å². The van der Waals surface area contributed by atoms with Crippen LogP contribution in [0, 0.1) is 5.41 Å². The molecule has 0 spiro atoms. The van der Waals surface area contributed by atoms with Gasteiger partial charge in [0.05, 0.1) is 18.2 Å². The van der Waals surface area contributed by atoms with Crippen LogP contribution in [0.1, 0.15) is 40.3 Å². The van der Waals surface area contributed by atoms with E-state index in [0.29, 0.717) is 31.8 Å². The van der Waals surface area contributed by atoms with Crippen molar-refractivity contribution in [3.8, 4) is 5.75 Å². The Bertz CT molecular complexity index is 977. The predicted octanol–water partition coefficient (Wildman–Crippen LogP) is 4.42. The van der Waals surface area contributed by atoms with Crippen molar-refractivity contribution < 1.29 is 14.6 Å². The number of para-hydroxylation sites is 1. The van der Waals surface area contributed by atoms with Crippen LogP contribution >= 0.6 is 11.3 Å². The first-order valence-electron chi connectivity index (χ1n) is 10.7. The number of aliphatic hydroxyl groups excluding tert-OH is 1. The van der Waals surface area contributed by atoms with Crippen LogP contribution in [0.15, 0.2) is 66.0 Å². The molecule has 0 radical (unpaired) electrons. The van der Waals surface area contributed by atoms with Crippen LogP contribution in [0.3, 0.4) is 0 Å². The van der Waals surface area contributed by atoms with Crippen molar-refractivity contribution in [3.63, 3.8) is 0 Å². The molecule has 1 fully saturated rings. The molecule has 6 heteroatoms. The Hall–Kier alpha value is -2.70. The first kappa shape index (κ1) is 21.5. The zero-order chi connectivity index (χ0) is 21.5. The van der Waals surface area contributed by atoms with Gasteiger partial charge in [0.15, 0.2) is 0 Å². The highest BCUT2D eigenvalue weighted by Gasteiger charge is 2.37. The molecule has 0 aliphatic carbocycles. The van der Waals surface area contributed by atoms with E-state index >= 15 is 0 Å². The molecular formula is C25H28N2O3S. The Morgan fingerprint density at radius 2 is 1.87 bits per heavy atom. The van der Waals surface area contributed by atoms with Gasteiger partial charge in [-0.2, -0.15) is 0 Å². The zero-order valence-electron chi connectivity index (χ0n) is 17.6. The van der Waals surface area contributed by atoms with Crippen LogP contribution in [0.25, 0.3) is 0 Å². The molecule has 1 N–H and O–H groups in total. The fourth-order valence-corrected chi connectivity index (χ4v) is 4.92. The first-order valence-corrected chi connectivity index (χ1v) is 11.6. The second kappa shape index (κ2) is 10.1. The molecule has 1 atom stereocenters. The molecule has 1 amide bonds. The molecule has 1 aliphatic rings. The summed E-state index contributed by atoms with van der Waals surface area (Å²) in [5.74, 6) is 0.782. The summed E-state index contributed by atoms with van der Waals surface area (Å²) < 4.78 is 5.85. The molecule has 31 heavy (non-hydrogen) atoms. The smallest absolute Gasteiger partial charge is 0.273 e. The number of aromatic nitrogens is 1. The van der Waals surface area contributed by atoms with Crippen molar-refractivity contribution in [1.82, 2.24) is 9.88 Å². The standard InChI is InChI=1S/C25H28N2O3S/c28-19-25(13-15-30-21-10-5-2-6-11-21)12-7-14-27(18-25)24(29)22-17-31-23(26-22)16-20-8-3-1-4-9-20/h1-6,8-11,17,28H,7,12-16,18-19H2/t25-/m0/s1. The van der Waals surface area contributed by atoms with Gasteiger partial charge >= 0.3 is 0 Å². The summed E-state index contributed by atoms with van der Waals surface area (Å²) in [5, 5.41) is 13.0. The quantitative estimate of drug-likeness (QED) is 0.568. The Labute approximate surface area is 187 Å². The van der Waals surface area contributed by atoms with Crippen LogP contribution in [0.4, 0.5) is 0 Å². The van der Waals surface area contributed by atoms with Gasteiger partial charge in [0, 0.05) is 30.3 Å². The summed E-state index contributed by atoms with van der Waals surface area (Å²) in [6, 6.07) is 19.9. The molecule has 0 unspecified atom stereocenters. The van der Waals surface area contributed by atoms with E-state index in [4.69, 9.17) is 4.74 Å². The second-order valence-corrected chi connectivity index (χ2v) is 9.13. The zero-order valence-corrected chi connectivity index (χ0v) is 18.4. The topological polar surface area (TPSA) is 62.7 Å². The maximum Gasteiger partial charge on any atom is 0.273 e. The minimum atomic E-state index is -0.328. The lowest BCUT2D eigenvalue weighted by Gasteiger charge is -2.41. The van der Waals surface area contributed by atoms with Crippen LogP contribution in [0.2, 0.25) is 0 Å². The SMILES string of the molecule is O=C(c1csc(Cc2ccccc2)n1)N1CCC[C@](CO)(CCOc2ccccc2)C1. The van der Waals surface area contributed by atoms with Crippen LogP contribution in [-0.4, -0.2) is 47.2 Å².